The van der Waals surface area contributed by atoms with Crippen molar-refractivity contribution in [3.05, 3.63) is 101 Å². The average Bonchev–Trinajstić information content (AvgIpc) is 3.27. The summed E-state index contributed by atoms with van der Waals surface area (Å²) < 4.78 is 2.04. The van der Waals surface area contributed by atoms with E-state index in [-0.39, 0.29) is 18.0 Å². The van der Waals surface area contributed by atoms with Crippen LogP contribution in [0, 0.1) is 6.92 Å². The van der Waals surface area contributed by atoms with Gasteiger partial charge in [0.1, 0.15) is 11.7 Å². The molecular formula is C26H20ClNO2. The van der Waals surface area contributed by atoms with Crippen molar-refractivity contribution >= 4 is 28.7 Å². The number of halogens is 1. The average molecular weight is 414 g/mol. The summed E-state index contributed by atoms with van der Waals surface area (Å²) in [7, 11) is 0. The van der Waals surface area contributed by atoms with Crippen molar-refractivity contribution in [2.45, 2.75) is 25.2 Å². The van der Waals surface area contributed by atoms with E-state index in [2.05, 4.69) is 6.07 Å². The molecule has 0 spiro atoms. The molecule has 3 nitrogen and oxygen atoms in total. The van der Waals surface area contributed by atoms with Crippen LogP contribution in [0.15, 0.2) is 79.0 Å². The minimum Gasteiger partial charge on any atom is -0.320 e. The fourth-order valence-electron chi connectivity index (χ4n) is 4.50. The molecule has 4 heteroatoms. The molecule has 1 aliphatic rings. The summed E-state index contributed by atoms with van der Waals surface area (Å²) in [6.45, 7) is 1.91. The molecule has 4 aromatic rings. The van der Waals surface area contributed by atoms with Crippen LogP contribution in [0.3, 0.4) is 0 Å². The van der Waals surface area contributed by atoms with Gasteiger partial charge in [0, 0.05) is 34.4 Å². The Morgan fingerprint density at radius 2 is 1.70 bits per heavy atom. The number of benzene rings is 2. The van der Waals surface area contributed by atoms with Crippen LogP contribution in [-0.2, 0) is 9.59 Å². The third-order valence-corrected chi connectivity index (χ3v) is 6.43. The van der Waals surface area contributed by atoms with Gasteiger partial charge < -0.3 is 4.40 Å². The van der Waals surface area contributed by atoms with Crippen molar-refractivity contribution in [2.24, 2.45) is 0 Å². The summed E-state index contributed by atoms with van der Waals surface area (Å²) >= 11 is 6.28. The highest BCUT2D eigenvalue weighted by molar-refractivity contribution is 6.31. The molecule has 0 aliphatic heterocycles. The SMILES string of the molecule is Cc1ccc([C@H]2C(=O)C[C@H](c3c(-c4ccccc4)cc4ccccn34)C2=O)cc1Cl. The highest BCUT2D eigenvalue weighted by Crippen LogP contribution is 2.43. The molecule has 2 aromatic heterocycles. The minimum absolute atomic E-state index is 0.0465. The summed E-state index contributed by atoms with van der Waals surface area (Å²) in [4.78, 5) is 26.6. The van der Waals surface area contributed by atoms with E-state index in [4.69, 9.17) is 11.6 Å². The Hall–Kier alpha value is -3.17. The zero-order chi connectivity index (χ0) is 20.8. The molecule has 5 rings (SSSR count). The van der Waals surface area contributed by atoms with Gasteiger partial charge in [0.15, 0.2) is 5.78 Å². The number of Topliss-reactive ketones (excluding diaryl/α,β-unsaturated/α-hetero) is 2. The molecular weight excluding hydrogens is 394 g/mol. The van der Waals surface area contributed by atoms with Crippen molar-refractivity contribution in [1.82, 2.24) is 4.40 Å². The summed E-state index contributed by atoms with van der Waals surface area (Å²) in [5.74, 6) is -1.34. The van der Waals surface area contributed by atoms with Crippen molar-refractivity contribution in [3.63, 3.8) is 0 Å². The monoisotopic (exact) mass is 413 g/mol. The predicted octanol–water partition coefficient (Wildman–Crippen LogP) is 5.98. The highest BCUT2D eigenvalue weighted by Gasteiger charge is 2.44. The number of carbonyl (C=O) groups is 2. The van der Waals surface area contributed by atoms with Crippen LogP contribution in [0.4, 0.5) is 0 Å². The van der Waals surface area contributed by atoms with Crippen LogP contribution in [0.1, 0.15) is 35.1 Å². The number of rotatable bonds is 3. The number of pyridine rings is 1. The van der Waals surface area contributed by atoms with Crippen LogP contribution in [-0.4, -0.2) is 16.0 Å². The summed E-state index contributed by atoms with van der Waals surface area (Å²) in [5, 5.41) is 0.578. The number of ketones is 2. The number of nitrogens with zero attached hydrogens (tertiary/aromatic N) is 1. The molecule has 30 heavy (non-hydrogen) atoms. The molecule has 0 N–H and O–H groups in total. The lowest BCUT2D eigenvalue weighted by molar-refractivity contribution is -0.124. The number of fused-ring (bicyclic) bond motifs is 1. The second-order valence-electron chi connectivity index (χ2n) is 7.87. The molecule has 1 saturated carbocycles. The Morgan fingerprint density at radius 3 is 2.47 bits per heavy atom. The van der Waals surface area contributed by atoms with E-state index in [0.29, 0.717) is 10.6 Å². The second kappa shape index (κ2) is 7.26. The van der Waals surface area contributed by atoms with Crippen LogP contribution >= 0.6 is 11.6 Å². The molecule has 2 atom stereocenters. The van der Waals surface area contributed by atoms with Crippen molar-refractivity contribution < 1.29 is 9.59 Å². The van der Waals surface area contributed by atoms with E-state index in [9.17, 15) is 9.59 Å². The maximum Gasteiger partial charge on any atom is 0.157 e. The standard InChI is InChI=1S/C26H20ClNO2/c1-16-10-11-18(13-22(16)27)24-23(29)15-21(26(24)30)25-20(17-7-3-2-4-8-17)14-19-9-5-6-12-28(19)25/h2-14,21,24H,15H2,1H3/t21-,24+/m1/s1. The van der Waals surface area contributed by atoms with Gasteiger partial charge in [-0.25, -0.2) is 0 Å². The molecule has 1 aliphatic carbocycles. The Balaban J connectivity index is 1.65. The third kappa shape index (κ3) is 2.98. The predicted molar refractivity (Wildman–Crippen MR) is 119 cm³/mol. The summed E-state index contributed by atoms with van der Waals surface area (Å²) in [6.07, 6.45) is 2.17. The first kappa shape index (κ1) is 18.8. The van der Waals surface area contributed by atoms with Crippen LogP contribution in [0.2, 0.25) is 5.02 Å². The van der Waals surface area contributed by atoms with Gasteiger partial charge in [0.2, 0.25) is 0 Å². The van der Waals surface area contributed by atoms with Gasteiger partial charge >= 0.3 is 0 Å². The van der Waals surface area contributed by atoms with Gasteiger partial charge in [-0.3, -0.25) is 9.59 Å². The molecule has 2 aromatic carbocycles. The number of carbonyl (C=O) groups excluding carboxylic acids is 2. The normalized spacial score (nSPS) is 19.0. The van der Waals surface area contributed by atoms with Crippen LogP contribution in [0.5, 0.6) is 0 Å². The summed E-state index contributed by atoms with van der Waals surface area (Å²) in [5.41, 5.74) is 5.54. The van der Waals surface area contributed by atoms with E-state index < -0.39 is 11.8 Å². The van der Waals surface area contributed by atoms with Gasteiger partial charge in [0.25, 0.3) is 0 Å². The van der Waals surface area contributed by atoms with Gasteiger partial charge in [-0.1, -0.05) is 60.1 Å². The maximum atomic E-state index is 13.6. The molecule has 0 unspecified atom stereocenters. The van der Waals surface area contributed by atoms with E-state index in [1.54, 1.807) is 6.07 Å². The molecule has 0 bridgehead atoms. The largest absolute Gasteiger partial charge is 0.320 e. The molecule has 2 heterocycles. The Bertz CT molecular complexity index is 1290. The van der Waals surface area contributed by atoms with Crippen LogP contribution < -0.4 is 0 Å². The lowest BCUT2D eigenvalue weighted by atomic mass is 9.91. The fraction of sp³-hybridized carbons (Fsp3) is 0.154. The zero-order valence-corrected chi connectivity index (χ0v) is 17.3. The number of aryl methyl sites for hydroxylation is 1. The van der Waals surface area contributed by atoms with Gasteiger partial charge in [-0.2, -0.15) is 0 Å². The second-order valence-corrected chi connectivity index (χ2v) is 8.28. The van der Waals surface area contributed by atoms with E-state index >= 15 is 0 Å². The molecule has 1 fully saturated rings. The van der Waals surface area contributed by atoms with E-state index in [1.807, 2.05) is 78.2 Å². The van der Waals surface area contributed by atoms with Gasteiger partial charge in [-0.05, 0) is 47.9 Å². The van der Waals surface area contributed by atoms with Gasteiger partial charge in [-0.15, -0.1) is 0 Å². The molecule has 0 amide bonds. The molecule has 0 saturated heterocycles. The zero-order valence-electron chi connectivity index (χ0n) is 16.5. The van der Waals surface area contributed by atoms with E-state index in [0.717, 1.165) is 27.9 Å². The number of aromatic nitrogens is 1. The molecule has 148 valence electrons. The van der Waals surface area contributed by atoms with Crippen LogP contribution in [0.25, 0.3) is 16.6 Å². The topological polar surface area (TPSA) is 38.5 Å². The first-order valence-electron chi connectivity index (χ1n) is 10.0. The third-order valence-electron chi connectivity index (χ3n) is 6.02. The first-order valence-corrected chi connectivity index (χ1v) is 10.4. The molecule has 0 radical (unpaired) electrons. The first-order chi connectivity index (χ1) is 14.5. The minimum atomic E-state index is -0.758. The highest BCUT2D eigenvalue weighted by atomic mass is 35.5. The lowest BCUT2D eigenvalue weighted by Crippen LogP contribution is -2.16. The lowest BCUT2D eigenvalue weighted by Gasteiger charge is -2.14. The van der Waals surface area contributed by atoms with Gasteiger partial charge in [0.05, 0.1) is 5.92 Å². The summed E-state index contributed by atoms with van der Waals surface area (Å²) in [6, 6.07) is 23.5. The van der Waals surface area contributed by atoms with Crippen molar-refractivity contribution in [3.8, 4) is 11.1 Å². The Morgan fingerprint density at radius 1 is 0.933 bits per heavy atom. The van der Waals surface area contributed by atoms with Crippen molar-refractivity contribution in [2.75, 3.05) is 0 Å². The van der Waals surface area contributed by atoms with Crippen molar-refractivity contribution in [1.29, 1.82) is 0 Å². The fourth-order valence-corrected chi connectivity index (χ4v) is 4.69. The smallest absolute Gasteiger partial charge is 0.157 e. The Kier molecular flexibility index (Phi) is 4.56. The maximum absolute atomic E-state index is 13.6. The quantitative estimate of drug-likeness (QED) is 0.387. The number of hydrogen-bond acceptors (Lipinski definition) is 2. The Labute approximate surface area is 179 Å². The van der Waals surface area contributed by atoms with E-state index in [1.165, 1.54) is 0 Å². The number of hydrogen-bond donors (Lipinski definition) is 0.